The molecule has 1 heterocycles. The zero-order valence-corrected chi connectivity index (χ0v) is 15.9. The van der Waals surface area contributed by atoms with Crippen LogP contribution in [0.1, 0.15) is 16.7 Å². The molecule has 0 radical (unpaired) electrons. The Bertz CT molecular complexity index is 910. The normalized spacial score (nSPS) is 12.0. The van der Waals surface area contributed by atoms with Crippen molar-refractivity contribution in [2.24, 2.45) is 0 Å². The van der Waals surface area contributed by atoms with Crippen LogP contribution in [0.15, 0.2) is 53.4 Å². The molecule has 6 heteroatoms. The molecule has 0 spiro atoms. The average Bonchev–Trinajstić information content (AvgIpc) is 2.62. The van der Waals surface area contributed by atoms with Gasteiger partial charge in [-0.2, -0.15) is 4.98 Å². The predicted octanol–water partition coefficient (Wildman–Crippen LogP) is 3.69. The van der Waals surface area contributed by atoms with Crippen LogP contribution >= 0.6 is 0 Å². The third kappa shape index (κ3) is 4.15. The number of benzene rings is 2. The number of hydrogen-bond acceptors (Lipinski definition) is 5. The van der Waals surface area contributed by atoms with Crippen molar-refractivity contribution >= 4 is 22.9 Å². The van der Waals surface area contributed by atoms with E-state index in [1.165, 1.54) is 11.1 Å². The van der Waals surface area contributed by atoms with Crippen LogP contribution in [-0.4, -0.2) is 20.8 Å². The largest absolute Gasteiger partial charge is 0.612 e. The highest BCUT2D eigenvalue weighted by molar-refractivity contribution is 7.90. The molecule has 3 aromatic rings. The zero-order valence-electron chi connectivity index (χ0n) is 15.1. The number of nitrogens with two attached hydrogens (primary N) is 1. The first-order valence-electron chi connectivity index (χ1n) is 8.31. The SMILES string of the molecule is Cc1cccc(-c2cc(NCc3ccc([S+](C)[O-])cc3)nc(N)n2)c1C. The molecule has 134 valence electrons. The van der Waals surface area contributed by atoms with E-state index in [2.05, 4.69) is 35.2 Å². The van der Waals surface area contributed by atoms with Gasteiger partial charge in [-0.1, -0.05) is 30.3 Å². The van der Waals surface area contributed by atoms with E-state index in [1.807, 2.05) is 42.5 Å². The van der Waals surface area contributed by atoms with E-state index in [4.69, 9.17) is 5.73 Å². The summed E-state index contributed by atoms with van der Waals surface area (Å²) in [6, 6.07) is 15.7. The number of anilines is 2. The lowest BCUT2D eigenvalue weighted by molar-refractivity contribution is 0.601. The van der Waals surface area contributed by atoms with Crippen LogP contribution in [0, 0.1) is 13.8 Å². The Labute approximate surface area is 156 Å². The first-order chi connectivity index (χ1) is 12.4. The summed E-state index contributed by atoms with van der Waals surface area (Å²) in [6.07, 6.45) is 1.67. The minimum absolute atomic E-state index is 0.239. The number of nitrogens with zero attached hydrogens (tertiary/aromatic N) is 2. The summed E-state index contributed by atoms with van der Waals surface area (Å²) in [5.74, 6) is 0.916. The monoisotopic (exact) mass is 366 g/mol. The number of aromatic nitrogens is 2. The predicted molar refractivity (Wildman–Crippen MR) is 107 cm³/mol. The molecular formula is C20H22N4OS. The molecule has 1 unspecified atom stereocenters. The van der Waals surface area contributed by atoms with Gasteiger partial charge in [0.05, 0.1) is 5.69 Å². The Morgan fingerprint density at radius 1 is 1.08 bits per heavy atom. The number of aryl methyl sites for hydroxylation is 1. The maximum atomic E-state index is 11.5. The van der Waals surface area contributed by atoms with Gasteiger partial charge in [-0.15, -0.1) is 0 Å². The van der Waals surface area contributed by atoms with Crippen LogP contribution in [0.25, 0.3) is 11.3 Å². The third-order valence-corrected chi connectivity index (χ3v) is 5.29. The van der Waals surface area contributed by atoms with Gasteiger partial charge in [0, 0.05) is 18.2 Å². The van der Waals surface area contributed by atoms with Crippen molar-refractivity contribution in [1.82, 2.24) is 9.97 Å². The van der Waals surface area contributed by atoms with Gasteiger partial charge in [0.15, 0.2) is 4.90 Å². The van der Waals surface area contributed by atoms with Crippen LogP contribution in [0.3, 0.4) is 0 Å². The van der Waals surface area contributed by atoms with Gasteiger partial charge < -0.3 is 15.6 Å². The quantitative estimate of drug-likeness (QED) is 0.673. The molecule has 0 aliphatic carbocycles. The van der Waals surface area contributed by atoms with Crippen LogP contribution in [0.4, 0.5) is 11.8 Å². The van der Waals surface area contributed by atoms with Crippen LogP contribution in [0.5, 0.6) is 0 Å². The highest BCUT2D eigenvalue weighted by Crippen LogP contribution is 2.26. The molecule has 0 aliphatic heterocycles. The van der Waals surface area contributed by atoms with Crippen LogP contribution in [0.2, 0.25) is 0 Å². The molecule has 0 aliphatic rings. The van der Waals surface area contributed by atoms with Crippen molar-refractivity contribution in [1.29, 1.82) is 0 Å². The number of hydrogen-bond donors (Lipinski definition) is 2. The molecule has 3 rings (SSSR count). The van der Waals surface area contributed by atoms with Crippen LogP contribution < -0.4 is 11.1 Å². The van der Waals surface area contributed by atoms with Crippen molar-refractivity contribution in [3.8, 4) is 11.3 Å². The smallest absolute Gasteiger partial charge is 0.222 e. The van der Waals surface area contributed by atoms with Gasteiger partial charge in [-0.25, -0.2) is 4.98 Å². The fourth-order valence-electron chi connectivity index (χ4n) is 2.71. The van der Waals surface area contributed by atoms with Gasteiger partial charge in [0.2, 0.25) is 5.95 Å². The molecule has 3 N–H and O–H groups in total. The number of nitrogens with one attached hydrogen (secondary N) is 1. The van der Waals surface area contributed by atoms with Crippen molar-refractivity contribution in [2.45, 2.75) is 25.3 Å². The van der Waals surface area contributed by atoms with Crippen LogP contribution in [-0.2, 0) is 17.7 Å². The number of rotatable bonds is 5. The molecule has 0 amide bonds. The fraction of sp³-hybridized carbons (Fsp3) is 0.200. The van der Waals surface area contributed by atoms with E-state index in [0.717, 1.165) is 21.7 Å². The van der Waals surface area contributed by atoms with Gasteiger partial charge in [0.25, 0.3) is 0 Å². The van der Waals surface area contributed by atoms with E-state index in [9.17, 15) is 4.55 Å². The average molecular weight is 366 g/mol. The highest BCUT2D eigenvalue weighted by atomic mass is 32.2. The second-order valence-corrected chi connectivity index (χ2v) is 7.58. The second kappa shape index (κ2) is 7.76. The van der Waals surface area contributed by atoms with Gasteiger partial charge in [0.1, 0.15) is 12.1 Å². The summed E-state index contributed by atoms with van der Waals surface area (Å²) in [5.41, 5.74) is 11.2. The molecule has 1 atom stereocenters. The molecule has 5 nitrogen and oxygen atoms in total. The highest BCUT2D eigenvalue weighted by Gasteiger charge is 2.09. The van der Waals surface area contributed by atoms with Crippen molar-refractivity contribution in [2.75, 3.05) is 17.3 Å². The standard InChI is InChI=1S/C20H22N4OS/c1-13-5-4-6-17(14(13)2)18-11-19(24-20(21)23-18)22-12-15-7-9-16(10-8-15)26(3)25/h4-11H,12H2,1-3H3,(H3,21,22,23,24). The summed E-state index contributed by atoms with van der Waals surface area (Å²) < 4.78 is 11.5. The lowest BCUT2D eigenvalue weighted by atomic mass is 10.0. The Kier molecular flexibility index (Phi) is 5.44. The molecule has 1 aromatic heterocycles. The van der Waals surface area contributed by atoms with Gasteiger partial charge in [-0.3, -0.25) is 0 Å². The summed E-state index contributed by atoms with van der Waals surface area (Å²) in [7, 11) is 0. The summed E-state index contributed by atoms with van der Waals surface area (Å²) in [4.78, 5) is 9.48. The molecule has 26 heavy (non-hydrogen) atoms. The van der Waals surface area contributed by atoms with Crippen molar-refractivity contribution in [3.63, 3.8) is 0 Å². The van der Waals surface area contributed by atoms with E-state index >= 15 is 0 Å². The van der Waals surface area contributed by atoms with Crippen molar-refractivity contribution < 1.29 is 4.55 Å². The minimum atomic E-state index is -0.966. The summed E-state index contributed by atoms with van der Waals surface area (Å²) in [6.45, 7) is 4.75. The fourth-order valence-corrected chi connectivity index (χ4v) is 3.23. The van der Waals surface area contributed by atoms with Gasteiger partial charge in [-0.05, 0) is 53.8 Å². The Balaban J connectivity index is 1.81. The Hall–Kier alpha value is -2.57. The maximum absolute atomic E-state index is 11.5. The molecule has 0 saturated carbocycles. The first kappa shape index (κ1) is 18.2. The second-order valence-electron chi connectivity index (χ2n) is 6.20. The molecule has 0 bridgehead atoms. The number of nitrogen functional groups attached to an aromatic ring is 1. The molecular weight excluding hydrogens is 344 g/mol. The molecule has 0 saturated heterocycles. The minimum Gasteiger partial charge on any atom is -0.612 e. The lowest BCUT2D eigenvalue weighted by Crippen LogP contribution is -2.06. The topological polar surface area (TPSA) is 86.9 Å². The first-order valence-corrected chi connectivity index (χ1v) is 9.87. The van der Waals surface area contributed by atoms with E-state index in [-0.39, 0.29) is 5.95 Å². The molecule has 2 aromatic carbocycles. The van der Waals surface area contributed by atoms with E-state index in [0.29, 0.717) is 12.4 Å². The molecule has 0 fully saturated rings. The maximum Gasteiger partial charge on any atom is 0.222 e. The van der Waals surface area contributed by atoms with Gasteiger partial charge >= 0.3 is 0 Å². The van der Waals surface area contributed by atoms with E-state index < -0.39 is 11.2 Å². The lowest BCUT2D eigenvalue weighted by Gasteiger charge is -2.12. The Morgan fingerprint density at radius 2 is 1.81 bits per heavy atom. The third-order valence-electron chi connectivity index (χ3n) is 4.35. The summed E-state index contributed by atoms with van der Waals surface area (Å²) >= 11 is -0.966. The van der Waals surface area contributed by atoms with Crippen molar-refractivity contribution in [3.05, 3.63) is 65.2 Å². The Morgan fingerprint density at radius 3 is 2.50 bits per heavy atom. The van der Waals surface area contributed by atoms with E-state index in [1.54, 1.807) is 6.26 Å². The zero-order chi connectivity index (χ0) is 18.7. The summed E-state index contributed by atoms with van der Waals surface area (Å²) in [5, 5.41) is 3.29.